The molecule has 4 heteroatoms. The number of allylic oxidation sites excluding steroid dienone is 2. The van der Waals surface area contributed by atoms with Crippen LogP contribution in [0.25, 0.3) is 0 Å². The van der Waals surface area contributed by atoms with Gasteiger partial charge in [-0.1, -0.05) is 27.7 Å². The van der Waals surface area contributed by atoms with E-state index in [-0.39, 0.29) is 51.5 Å². The highest BCUT2D eigenvalue weighted by molar-refractivity contribution is 5.98. The lowest BCUT2D eigenvalue weighted by molar-refractivity contribution is -0.166. The molecule has 29 heavy (non-hydrogen) atoms. The summed E-state index contributed by atoms with van der Waals surface area (Å²) in [5.41, 5.74) is 0.0202. The third kappa shape index (κ3) is 2.41. The standard InChI is InChI=1S/C25H36O4/c1-14(21(28)29)15-9-10-25(6)20-18(26)13-17-16(7-8-19(27)22(17,2)3)23(20,4)11-12-24(15,25)5/h13-16,20H,7-12H2,1-6H3,(H,28,29)/t14-,15+,16-,20-,23-,24+,25-/m0/s1. The maximum absolute atomic E-state index is 13.7. The topological polar surface area (TPSA) is 71.4 Å². The number of carboxylic acids is 1. The number of fused-ring (bicyclic) bond motifs is 5. The molecule has 1 N–H and O–H groups in total. The van der Waals surface area contributed by atoms with Gasteiger partial charge in [-0.2, -0.15) is 0 Å². The Morgan fingerprint density at radius 1 is 1.03 bits per heavy atom. The van der Waals surface area contributed by atoms with Crippen molar-refractivity contribution < 1.29 is 19.5 Å². The second-order valence-electron chi connectivity index (χ2n) is 11.7. The van der Waals surface area contributed by atoms with Crippen LogP contribution >= 0.6 is 0 Å². The van der Waals surface area contributed by atoms with Crippen LogP contribution in [0.5, 0.6) is 0 Å². The Morgan fingerprint density at radius 3 is 2.31 bits per heavy atom. The van der Waals surface area contributed by atoms with Gasteiger partial charge in [0.25, 0.3) is 0 Å². The number of hydrogen-bond acceptors (Lipinski definition) is 3. The SMILES string of the molecule is C[C@H](C(=O)O)[C@H]1CC[C@@]2(C)[C@H]3C(=O)C=C4[C@H](CCC(=O)C4(C)C)[C@]3(C)CC[C@]12C. The Kier molecular flexibility index (Phi) is 4.34. The van der Waals surface area contributed by atoms with Crippen molar-refractivity contribution >= 4 is 17.5 Å². The van der Waals surface area contributed by atoms with Gasteiger partial charge in [-0.15, -0.1) is 0 Å². The van der Waals surface area contributed by atoms with Crippen molar-refractivity contribution in [2.24, 2.45) is 45.3 Å². The average Bonchev–Trinajstić information content (AvgIpc) is 2.89. The summed E-state index contributed by atoms with van der Waals surface area (Å²) in [7, 11) is 0. The maximum atomic E-state index is 13.7. The fraction of sp³-hybridized carbons (Fsp3) is 0.800. The van der Waals surface area contributed by atoms with Gasteiger partial charge in [-0.3, -0.25) is 14.4 Å². The van der Waals surface area contributed by atoms with Gasteiger partial charge in [-0.05, 0) is 85.7 Å². The minimum atomic E-state index is -0.724. The zero-order valence-electron chi connectivity index (χ0n) is 18.8. The number of ketones is 2. The largest absolute Gasteiger partial charge is 0.481 e. The molecule has 0 heterocycles. The molecule has 0 aromatic carbocycles. The minimum Gasteiger partial charge on any atom is -0.481 e. The second-order valence-corrected chi connectivity index (χ2v) is 11.7. The van der Waals surface area contributed by atoms with Crippen LogP contribution in [0.15, 0.2) is 11.6 Å². The summed E-state index contributed by atoms with van der Waals surface area (Å²) >= 11 is 0. The first kappa shape index (κ1) is 20.8. The van der Waals surface area contributed by atoms with Crippen LogP contribution in [0.3, 0.4) is 0 Å². The van der Waals surface area contributed by atoms with Gasteiger partial charge in [0.15, 0.2) is 5.78 Å². The molecule has 0 spiro atoms. The molecule has 4 aliphatic rings. The molecule has 0 saturated heterocycles. The lowest BCUT2D eigenvalue weighted by atomic mass is 9.39. The first-order valence-corrected chi connectivity index (χ1v) is 11.3. The van der Waals surface area contributed by atoms with Crippen LogP contribution in [0.4, 0.5) is 0 Å². The summed E-state index contributed by atoms with van der Waals surface area (Å²) < 4.78 is 0. The number of aliphatic carboxylic acids is 1. The van der Waals surface area contributed by atoms with Crippen LogP contribution in [0.2, 0.25) is 0 Å². The van der Waals surface area contributed by atoms with Crippen molar-refractivity contribution in [1.82, 2.24) is 0 Å². The Bertz CT molecular complexity index is 823. The molecule has 0 bridgehead atoms. The minimum absolute atomic E-state index is 0.0857. The van der Waals surface area contributed by atoms with E-state index in [4.69, 9.17) is 0 Å². The van der Waals surface area contributed by atoms with E-state index in [1.54, 1.807) is 0 Å². The molecule has 160 valence electrons. The number of rotatable bonds is 2. The molecule has 0 aromatic heterocycles. The first-order chi connectivity index (χ1) is 13.3. The lowest BCUT2D eigenvalue weighted by Gasteiger charge is -2.64. The number of carbonyl (C=O) groups is 3. The van der Waals surface area contributed by atoms with E-state index in [2.05, 4.69) is 20.8 Å². The van der Waals surface area contributed by atoms with Gasteiger partial charge in [0.2, 0.25) is 0 Å². The smallest absolute Gasteiger partial charge is 0.306 e. The predicted molar refractivity (Wildman–Crippen MR) is 111 cm³/mol. The van der Waals surface area contributed by atoms with E-state index in [0.717, 1.165) is 37.7 Å². The van der Waals surface area contributed by atoms with Crippen molar-refractivity contribution in [3.8, 4) is 0 Å². The number of hydrogen-bond donors (Lipinski definition) is 1. The van der Waals surface area contributed by atoms with Crippen molar-refractivity contribution in [3.63, 3.8) is 0 Å². The van der Waals surface area contributed by atoms with Crippen molar-refractivity contribution in [3.05, 3.63) is 11.6 Å². The molecule has 0 aromatic rings. The monoisotopic (exact) mass is 400 g/mol. The van der Waals surface area contributed by atoms with Crippen LogP contribution in [0, 0.1) is 45.3 Å². The molecular formula is C25H36O4. The Hall–Kier alpha value is -1.45. The van der Waals surface area contributed by atoms with E-state index < -0.39 is 11.4 Å². The summed E-state index contributed by atoms with van der Waals surface area (Å²) in [5, 5.41) is 9.69. The molecule has 3 fully saturated rings. The van der Waals surface area contributed by atoms with Gasteiger partial charge in [-0.25, -0.2) is 0 Å². The Labute approximate surface area is 174 Å². The first-order valence-electron chi connectivity index (χ1n) is 11.3. The third-order valence-corrected chi connectivity index (χ3v) is 10.4. The molecule has 4 nitrogen and oxygen atoms in total. The highest BCUT2D eigenvalue weighted by atomic mass is 16.4. The van der Waals surface area contributed by atoms with Gasteiger partial charge in [0, 0.05) is 17.8 Å². The van der Waals surface area contributed by atoms with Crippen LogP contribution in [0.1, 0.15) is 80.1 Å². The van der Waals surface area contributed by atoms with Gasteiger partial charge < -0.3 is 5.11 Å². The third-order valence-electron chi connectivity index (χ3n) is 10.4. The highest BCUT2D eigenvalue weighted by Crippen LogP contribution is 2.74. The van der Waals surface area contributed by atoms with Crippen molar-refractivity contribution in [1.29, 1.82) is 0 Å². The van der Waals surface area contributed by atoms with Crippen LogP contribution in [-0.2, 0) is 14.4 Å². The van der Waals surface area contributed by atoms with Crippen molar-refractivity contribution in [2.45, 2.75) is 80.1 Å². The molecular weight excluding hydrogens is 364 g/mol. The van der Waals surface area contributed by atoms with Crippen molar-refractivity contribution in [2.75, 3.05) is 0 Å². The average molecular weight is 401 g/mol. The summed E-state index contributed by atoms with van der Waals surface area (Å²) in [5.74, 6) is -0.387. The van der Waals surface area contributed by atoms with Crippen LogP contribution < -0.4 is 0 Å². The summed E-state index contributed by atoms with van der Waals surface area (Å²) in [6, 6.07) is 0. The van der Waals surface area contributed by atoms with Gasteiger partial charge in [0.1, 0.15) is 5.78 Å². The second kappa shape index (κ2) is 6.04. The number of carboxylic acid groups (broad SMARTS) is 1. The molecule has 4 aliphatic carbocycles. The normalized spacial score (nSPS) is 47.0. The van der Waals surface area contributed by atoms with E-state index >= 15 is 0 Å². The zero-order valence-corrected chi connectivity index (χ0v) is 18.8. The maximum Gasteiger partial charge on any atom is 0.306 e. The Balaban J connectivity index is 1.82. The molecule has 0 aliphatic heterocycles. The van der Waals surface area contributed by atoms with E-state index in [9.17, 15) is 19.5 Å². The number of Topliss-reactive ketones (excluding diaryl/α,β-unsaturated/α-hetero) is 1. The quantitative estimate of drug-likeness (QED) is 0.703. The summed E-state index contributed by atoms with van der Waals surface area (Å²) in [6.07, 6.45) is 6.96. The van der Waals surface area contributed by atoms with Crippen LogP contribution in [-0.4, -0.2) is 22.6 Å². The molecule has 0 radical (unpaired) electrons. The zero-order chi connectivity index (χ0) is 21.6. The Morgan fingerprint density at radius 2 is 1.69 bits per heavy atom. The molecule has 3 saturated carbocycles. The van der Waals surface area contributed by atoms with E-state index in [1.807, 2.05) is 26.8 Å². The number of carbonyl (C=O) groups excluding carboxylic acids is 2. The van der Waals surface area contributed by atoms with E-state index in [0.29, 0.717) is 6.42 Å². The summed E-state index contributed by atoms with van der Waals surface area (Å²) in [6.45, 7) is 12.6. The fourth-order valence-electron chi connectivity index (χ4n) is 8.36. The molecule has 0 unspecified atom stereocenters. The fourth-order valence-corrected chi connectivity index (χ4v) is 8.36. The predicted octanol–water partition coefficient (Wildman–Crippen LogP) is 5.06. The van der Waals surface area contributed by atoms with Gasteiger partial charge in [0.05, 0.1) is 5.92 Å². The molecule has 0 amide bonds. The molecule has 4 rings (SSSR count). The van der Waals surface area contributed by atoms with Gasteiger partial charge >= 0.3 is 5.97 Å². The molecule has 7 atom stereocenters. The summed E-state index contributed by atoms with van der Waals surface area (Å²) in [4.78, 5) is 38.1. The van der Waals surface area contributed by atoms with E-state index in [1.165, 1.54) is 0 Å². The highest BCUT2D eigenvalue weighted by Gasteiger charge is 2.69. The lowest BCUT2D eigenvalue weighted by Crippen LogP contribution is -2.61.